The van der Waals surface area contributed by atoms with Crippen LogP contribution in [-0.4, -0.2) is 4.98 Å². The lowest BCUT2D eigenvalue weighted by Crippen LogP contribution is -1.98. The molecule has 4 heteroatoms. The third-order valence-electron chi connectivity index (χ3n) is 2.72. The van der Waals surface area contributed by atoms with Crippen LogP contribution in [0, 0.1) is 5.82 Å². The van der Waals surface area contributed by atoms with Crippen molar-refractivity contribution in [3.05, 3.63) is 23.0 Å². The summed E-state index contributed by atoms with van der Waals surface area (Å²) in [6.07, 6.45) is 0.817. The van der Waals surface area contributed by atoms with Gasteiger partial charge < -0.3 is 5.73 Å². The van der Waals surface area contributed by atoms with Crippen molar-refractivity contribution in [1.29, 1.82) is 0 Å². The molecule has 0 aliphatic rings. The number of fused-ring (bicyclic) bond motifs is 1. The van der Waals surface area contributed by atoms with Gasteiger partial charge in [-0.05, 0) is 29.5 Å². The Morgan fingerprint density at radius 1 is 1.50 bits per heavy atom. The van der Waals surface area contributed by atoms with E-state index < -0.39 is 0 Å². The van der Waals surface area contributed by atoms with E-state index in [1.165, 1.54) is 11.3 Å². The second kappa shape index (κ2) is 4.01. The molecule has 0 bridgehead atoms. The van der Waals surface area contributed by atoms with Crippen LogP contribution in [0.25, 0.3) is 10.2 Å². The van der Waals surface area contributed by atoms with E-state index in [0.717, 1.165) is 23.1 Å². The highest BCUT2D eigenvalue weighted by atomic mass is 32.1. The number of thiazole rings is 1. The van der Waals surface area contributed by atoms with Gasteiger partial charge in [0.15, 0.2) is 5.13 Å². The quantitative estimate of drug-likeness (QED) is 0.866. The summed E-state index contributed by atoms with van der Waals surface area (Å²) < 4.78 is 14.4. The standard InChI is InChI=1S/C12H15FN2S/c1-4-7-5-8(13)11-10(9(7)6(2)3)15-12(14)16-11/h5-6H,4H2,1-3H3,(H2,14,15). The van der Waals surface area contributed by atoms with E-state index in [1.54, 1.807) is 6.07 Å². The Bertz CT molecular complexity index is 531. The molecule has 0 amide bonds. The van der Waals surface area contributed by atoms with Crippen molar-refractivity contribution >= 4 is 26.7 Å². The molecule has 0 aliphatic carbocycles. The predicted octanol–water partition coefficient (Wildman–Crippen LogP) is 3.70. The lowest BCUT2D eigenvalue weighted by Gasteiger charge is -2.12. The molecule has 0 spiro atoms. The molecule has 1 heterocycles. The van der Waals surface area contributed by atoms with Gasteiger partial charge in [0.1, 0.15) is 5.82 Å². The Labute approximate surface area is 98.3 Å². The summed E-state index contributed by atoms with van der Waals surface area (Å²) in [6.45, 7) is 6.23. The van der Waals surface area contributed by atoms with Gasteiger partial charge in [-0.1, -0.05) is 32.1 Å². The molecular formula is C12H15FN2S. The van der Waals surface area contributed by atoms with Crippen LogP contribution in [0.5, 0.6) is 0 Å². The van der Waals surface area contributed by atoms with E-state index in [4.69, 9.17) is 5.73 Å². The minimum absolute atomic E-state index is 0.203. The number of hydrogen-bond acceptors (Lipinski definition) is 3. The van der Waals surface area contributed by atoms with Crippen molar-refractivity contribution in [2.75, 3.05) is 5.73 Å². The van der Waals surface area contributed by atoms with E-state index in [2.05, 4.69) is 18.8 Å². The van der Waals surface area contributed by atoms with Gasteiger partial charge in [0.05, 0.1) is 10.2 Å². The predicted molar refractivity (Wildman–Crippen MR) is 67.5 cm³/mol. The summed E-state index contributed by atoms with van der Waals surface area (Å²) in [4.78, 5) is 4.26. The molecule has 0 fully saturated rings. The van der Waals surface area contributed by atoms with Gasteiger partial charge in [-0.2, -0.15) is 0 Å². The third kappa shape index (κ3) is 1.67. The Morgan fingerprint density at radius 2 is 2.19 bits per heavy atom. The van der Waals surface area contributed by atoms with Crippen LogP contribution >= 0.6 is 11.3 Å². The van der Waals surface area contributed by atoms with Crippen LogP contribution in [0.15, 0.2) is 6.07 Å². The van der Waals surface area contributed by atoms with Crippen molar-refractivity contribution in [3.8, 4) is 0 Å². The molecule has 16 heavy (non-hydrogen) atoms. The highest BCUT2D eigenvalue weighted by Crippen LogP contribution is 2.35. The molecule has 0 atom stereocenters. The van der Waals surface area contributed by atoms with Crippen LogP contribution in [0.4, 0.5) is 9.52 Å². The smallest absolute Gasteiger partial charge is 0.181 e. The van der Waals surface area contributed by atoms with Gasteiger partial charge in [-0.25, -0.2) is 9.37 Å². The normalized spacial score (nSPS) is 11.6. The zero-order valence-corrected chi connectivity index (χ0v) is 10.5. The molecular weight excluding hydrogens is 223 g/mol. The average Bonchev–Trinajstić information content (AvgIpc) is 2.58. The first-order valence-electron chi connectivity index (χ1n) is 5.41. The van der Waals surface area contributed by atoms with Crippen LogP contribution in [-0.2, 0) is 6.42 Å². The number of aromatic nitrogens is 1. The molecule has 2 N–H and O–H groups in total. The molecule has 0 aliphatic heterocycles. The first-order chi connectivity index (χ1) is 7.54. The summed E-state index contributed by atoms with van der Waals surface area (Å²) in [5.41, 5.74) is 8.57. The maximum Gasteiger partial charge on any atom is 0.181 e. The molecule has 2 rings (SSSR count). The molecule has 86 valence electrons. The molecule has 0 unspecified atom stereocenters. The molecule has 0 saturated heterocycles. The van der Waals surface area contributed by atoms with Crippen LogP contribution in [0.1, 0.15) is 37.8 Å². The summed E-state index contributed by atoms with van der Waals surface area (Å²) in [6, 6.07) is 1.62. The number of aryl methyl sites for hydroxylation is 1. The molecule has 2 nitrogen and oxygen atoms in total. The minimum Gasteiger partial charge on any atom is -0.375 e. The number of rotatable bonds is 2. The number of hydrogen-bond donors (Lipinski definition) is 1. The zero-order chi connectivity index (χ0) is 11.9. The van der Waals surface area contributed by atoms with Gasteiger partial charge in [0.25, 0.3) is 0 Å². The van der Waals surface area contributed by atoms with Crippen molar-refractivity contribution in [2.45, 2.75) is 33.1 Å². The van der Waals surface area contributed by atoms with E-state index in [0.29, 0.717) is 15.7 Å². The number of anilines is 1. The average molecular weight is 238 g/mol. The Balaban J connectivity index is 2.86. The number of nitrogens with two attached hydrogens (primary N) is 1. The van der Waals surface area contributed by atoms with Gasteiger partial charge >= 0.3 is 0 Å². The topological polar surface area (TPSA) is 38.9 Å². The maximum atomic E-state index is 13.8. The summed E-state index contributed by atoms with van der Waals surface area (Å²) in [5, 5.41) is 0.434. The first-order valence-corrected chi connectivity index (χ1v) is 6.23. The molecule has 2 aromatic rings. The van der Waals surface area contributed by atoms with Crippen LogP contribution in [0.2, 0.25) is 0 Å². The SMILES string of the molecule is CCc1cc(F)c2sc(N)nc2c1C(C)C. The van der Waals surface area contributed by atoms with Gasteiger partial charge in [0.2, 0.25) is 0 Å². The largest absolute Gasteiger partial charge is 0.375 e. The number of nitrogens with zero attached hydrogens (tertiary/aromatic N) is 1. The van der Waals surface area contributed by atoms with E-state index in [1.807, 2.05) is 6.92 Å². The van der Waals surface area contributed by atoms with Crippen LogP contribution < -0.4 is 5.73 Å². The number of nitrogen functional groups attached to an aromatic ring is 1. The molecule has 0 radical (unpaired) electrons. The van der Waals surface area contributed by atoms with Crippen molar-refractivity contribution in [1.82, 2.24) is 4.98 Å². The van der Waals surface area contributed by atoms with Gasteiger partial charge in [0, 0.05) is 0 Å². The Morgan fingerprint density at radius 3 is 2.75 bits per heavy atom. The highest BCUT2D eigenvalue weighted by molar-refractivity contribution is 7.22. The van der Waals surface area contributed by atoms with Crippen molar-refractivity contribution in [2.24, 2.45) is 0 Å². The van der Waals surface area contributed by atoms with Gasteiger partial charge in [-0.15, -0.1) is 0 Å². The third-order valence-corrected chi connectivity index (χ3v) is 3.61. The molecule has 1 aromatic heterocycles. The fourth-order valence-corrected chi connectivity index (χ4v) is 2.82. The zero-order valence-electron chi connectivity index (χ0n) is 9.67. The Hall–Kier alpha value is -1.16. The number of benzene rings is 1. The lowest BCUT2D eigenvalue weighted by molar-refractivity contribution is 0.638. The highest BCUT2D eigenvalue weighted by Gasteiger charge is 2.17. The van der Waals surface area contributed by atoms with Crippen molar-refractivity contribution in [3.63, 3.8) is 0 Å². The summed E-state index contributed by atoms with van der Waals surface area (Å²) >= 11 is 1.22. The van der Waals surface area contributed by atoms with E-state index in [9.17, 15) is 4.39 Å². The second-order valence-electron chi connectivity index (χ2n) is 4.17. The monoisotopic (exact) mass is 238 g/mol. The van der Waals surface area contributed by atoms with E-state index >= 15 is 0 Å². The van der Waals surface area contributed by atoms with Crippen LogP contribution in [0.3, 0.4) is 0 Å². The van der Waals surface area contributed by atoms with E-state index in [-0.39, 0.29) is 5.82 Å². The number of halogens is 1. The fraction of sp³-hybridized carbons (Fsp3) is 0.417. The second-order valence-corrected chi connectivity index (χ2v) is 5.20. The van der Waals surface area contributed by atoms with Crippen molar-refractivity contribution < 1.29 is 4.39 Å². The Kier molecular flexibility index (Phi) is 2.84. The molecule has 1 aromatic carbocycles. The van der Waals surface area contributed by atoms with Gasteiger partial charge in [-0.3, -0.25) is 0 Å². The fourth-order valence-electron chi connectivity index (χ4n) is 2.07. The first kappa shape index (κ1) is 11.3. The molecule has 0 saturated carbocycles. The minimum atomic E-state index is -0.203. The summed E-state index contributed by atoms with van der Waals surface area (Å²) in [5.74, 6) is 0.130. The lowest BCUT2D eigenvalue weighted by atomic mass is 9.94. The summed E-state index contributed by atoms with van der Waals surface area (Å²) in [7, 11) is 0. The maximum absolute atomic E-state index is 13.8.